The third-order valence-electron chi connectivity index (χ3n) is 1.85. The molecule has 0 rings (SSSR count). The minimum atomic E-state index is -1.10. The van der Waals surface area contributed by atoms with Gasteiger partial charge in [0, 0.05) is 13.3 Å². The SMILES string of the molecule is CC(=O)NC(COC(=O)CCCO[N+](=O)[O-])C(N)=O. The number of hydrogen-bond donors (Lipinski definition) is 2. The molecule has 1 atom stereocenters. The van der Waals surface area contributed by atoms with Crippen LogP contribution in [0, 0.1) is 10.1 Å². The smallest absolute Gasteiger partial charge is 0.305 e. The molecule has 0 saturated heterocycles. The molecule has 0 aliphatic rings. The number of ether oxygens (including phenoxy) is 1. The minimum Gasteiger partial charge on any atom is -0.463 e. The normalized spacial score (nSPS) is 11.2. The molecule has 0 bridgehead atoms. The Morgan fingerprint density at radius 2 is 2.05 bits per heavy atom. The highest BCUT2D eigenvalue weighted by Gasteiger charge is 2.18. The molecule has 10 nitrogen and oxygen atoms in total. The molecule has 2 amide bonds. The summed E-state index contributed by atoms with van der Waals surface area (Å²) < 4.78 is 4.69. The van der Waals surface area contributed by atoms with Gasteiger partial charge >= 0.3 is 5.97 Å². The van der Waals surface area contributed by atoms with E-state index in [1.54, 1.807) is 0 Å². The summed E-state index contributed by atoms with van der Waals surface area (Å²) >= 11 is 0. The number of nitrogens with one attached hydrogen (secondary N) is 1. The highest BCUT2D eigenvalue weighted by molar-refractivity contribution is 5.86. The van der Waals surface area contributed by atoms with E-state index in [4.69, 9.17) is 10.5 Å². The van der Waals surface area contributed by atoms with Crippen molar-refractivity contribution in [2.45, 2.75) is 25.8 Å². The van der Waals surface area contributed by atoms with E-state index in [1.807, 2.05) is 0 Å². The molecule has 3 N–H and O–H groups in total. The maximum atomic E-state index is 11.2. The van der Waals surface area contributed by atoms with Gasteiger partial charge in [0.25, 0.3) is 5.09 Å². The molecule has 0 aliphatic heterocycles. The summed E-state index contributed by atoms with van der Waals surface area (Å²) in [6, 6.07) is -1.10. The largest absolute Gasteiger partial charge is 0.463 e. The van der Waals surface area contributed by atoms with Crippen LogP contribution in [0.25, 0.3) is 0 Å². The average Bonchev–Trinajstić information content (AvgIpc) is 2.29. The summed E-state index contributed by atoms with van der Waals surface area (Å²) in [6.07, 6.45) is -0.0133. The summed E-state index contributed by atoms with van der Waals surface area (Å²) in [4.78, 5) is 46.6. The van der Waals surface area contributed by atoms with Crippen molar-refractivity contribution in [2.24, 2.45) is 5.73 Å². The number of nitrogens with two attached hydrogens (primary N) is 1. The third-order valence-corrected chi connectivity index (χ3v) is 1.85. The van der Waals surface area contributed by atoms with Crippen LogP contribution < -0.4 is 11.1 Å². The maximum absolute atomic E-state index is 11.2. The van der Waals surface area contributed by atoms with Crippen LogP contribution in [0.4, 0.5) is 0 Å². The van der Waals surface area contributed by atoms with E-state index in [1.165, 1.54) is 6.92 Å². The van der Waals surface area contributed by atoms with Gasteiger partial charge in [-0.15, -0.1) is 10.1 Å². The number of nitrogens with zero attached hydrogens (tertiary/aromatic N) is 1. The standard InChI is InChI=1S/C9H15N3O7/c1-6(13)11-7(9(10)15)5-18-8(14)3-2-4-19-12(16)17/h7H,2-5H2,1H3,(H2,10,15)(H,11,13). The number of carbonyl (C=O) groups is 3. The van der Waals surface area contributed by atoms with Crippen molar-refractivity contribution in [3.63, 3.8) is 0 Å². The number of rotatable bonds is 9. The highest BCUT2D eigenvalue weighted by Crippen LogP contribution is 1.96. The number of hydrogen-bond acceptors (Lipinski definition) is 7. The quantitative estimate of drug-likeness (QED) is 0.225. The fourth-order valence-electron chi connectivity index (χ4n) is 1.04. The fraction of sp³-hybridized carbons (Fsp3) is 0.667. The topological polar surface area (TPSA) is 151 Å². The Balaban J connectivity index is 3.88. The zero-order chi connectivity index (χ0) is 14.8. The van der Waals surface area contributed by atoms with E-state index < -0.39 is 28.9 Å². The summed E-state index contributed by atoms with van der Waals surface area (Å²) in [6.45, 7) is 0.573. The van der Waals surface area contributed by atoms with Gasteiger partial charge in [-0.2, -0.15) is 0 Å². The van der Waals surface area contributed by atoms with Gasteiger partial charge in [0.1, 0.15) is 12.6 Å². The second-order valence-electron chi connectivity index (χ2n) is 3.50. The van der Waals surface area contributed by atoms with Crippen LogP contribution in [-0.2, 0) is 24.0 Å². The summed E-state index contributed by atoms with van der Waals surface area (Å²) in [5.41, 5.74) is 4.99. The van der Waals surface area contributed by atoms with Crippen LogP contribution in [0.3, 0.4) is 0 Å². The molecule has 0 aliphatic carbocycles. The number of primary amides is 1. The van der Waals surface area contributed by atoms with Gasteiger partial charge in [-0.1, -0.05) is 0 Å². The molecule has 0 aromatic heterocycles. The van der Waals surface area contributed by atoms with E-state index in [0.717, 1.165) is 0 Å². The molecular weight excluding hydrogens is 262 g/mol. The van der Waals surface area contributed by atoms with Crippen molar-refractivity contribution in [3.8, 4) is 0 Å². The number of amides is 2. The van der Waals surface area contributed by atoms with Crippen LogP contribution in [0.15, 0.2) is 0 Å². The zero-order valence-corrected chi connectivity index (χ0v) is 10.3. The van der Waals surface area contributed by atoms with E-state index >= 15 is 0 Å². The Labute approximate surface area is 108 Å². The fourth-order valence-corrected chi connectivity index (χ4v) is 1.04. The molecule has 0 heterocycles. The van der Waals surface area contributed by atoms with Crippen molar-refractivity contribution in [1.82, 2.24) is 5.32 Å². The molecule has 1 unspecified atom stereocenters. The number of esters is 1. The van der Waals surface area contributed by atoms with Crippen LogP contribution in [0.2, 0.25) is 0 Å². The average molecular weight is 277 g/mol. The number of carbonyl (C=O) groups excluding carboxylic acids is 3. The van der Waals surface area contributed by atoms with E-state index in [-0.39, 0.29) is 26.1 Å². The van der Waals surface area contributed by atoms with Crippen LogP contribution >= 0.6 is 0 Å². The van der Waals surface area contributed by atoms with Crippen LogP contribution in [-0.4, -0.2) is 42.1 Å². The first kappa shape index (κ1) is 16.6. The van der Waals surface area contributed by atoms with Crippen molar-refractivity contribution in [1.29, 1.82) is 0 Å². The van der Waals surface area contributed by atoms with Gasteiger partial charge in [0.15, 0.2) is 0 Å². The molecule has 0 spiro atoms. The van der Waals surface area contributed by atoms with Gasteiger partial charge in [-0.3, -0.25) is 14.4 Å². The first-order valence-corrected chi connectivity index (χ1v) is 5.32. The van der Waals surface area contributed by atoms with E-state index in [2.05, 4.69) is 10.2 Å². The molecule has 0 radical (unpaired) electrons. The first-order valence-electron chi connectivity index (χ1n) is 5.32. The van der Waals surface area contributed by atoms with Crippen molar-refractivity contribution < 1.29 is 29.0 Å². The highest BCUT2D eigenvalue weighted by atomic mass is 16.9. The second kappa shape index (κ2) is 8.66. The predicted molar refractivity (Wildman–Crippen MR) is 59.9 cm³/mol. The van der Waals surface area contributed by atoms with Crippen molar-refractivity contribution >= 4 is 17.8 Å². The zero-order valence-electron chi connectivity index (χ0n) is 10.3. The Kier molecular flexibility index (Phi) is 7.57. The summed E-state index contributed by atoms with van der Waals surface area (Å²) in [5, 5.41) is 11.1. The molecule has 19 heavy (non-hydrogen) atoms. The molecule has 0 aromatic carbocycles. The predicted octanol–water partition coefficient (Wildman–Crippen LogP) is -1.49. The lowest BCUT2D eigenvalue weighted by Crippen LogP contribution is -2.47. The van der Waals surface area contributed by atoms with Crippen molar-refractivity contribution in [3.05, 3.63) is 10.1 Å². The van der Waals surface area contributed by atoms with Crippen LogP contribution in [0.5, 0.6) is 0 Å². The lowest BCUT2D eigenvalue weighted by molar-refractivity contribution is -0.757. The monoisotopic (exact) mass is 277 g/mol. The molecule has 0 fully saturated rings. The summed E-state index contributed by atoms with van der Waals surface area (Å²) in [7, 11) is 0. The van der Waals surface area contributed by atoms with Gasteiger partial charge < -0.3 is 20.6 Å². The van der Waals surface area contributed by atoms with E-state index in [9.17, 15) is 24.5 Å². The van der Waals surface area contributed by atoms with Crippen molar-refractivity contribution in [2.75, 3.05) is 13.2 Å². The molecule has 10 heteroatoms. The van der Waals surface area contributed by atoms with E-state index in [0.29, 0.717) is 0 Å². The maximum Gasteiger partial charge on any atom is 0.305 e. The third kappa shape index (κ3) is 9.32. The molecule has 0 aromatic rings. The molecule has 108 valence electrons. The minimum absolute atomic E-state index is 0.0984. The van der Waals surface area contributed by atoms with Crippen LogP contribution in [0.1, 0.15) is 19.8 Å². The lowest BCUT2D eigenvalue weighted by atomic mass is 10.3. The van der Waals surface area contributed by atoms with Gasteiger partial charge in [0.05, 0.1) is 6.61 Å². The Morgan fingerprint density at radius 3 is 2.53 bits per heavy atom. The first-order chi connectivity index (χ1) is 8.82. The molecule has 0 saturated carbocycles. The van der Waals surface area contributed by atoms with Gasteiger partial charge in [-0.05, 0) is 6.42 Å². The second-order valence-corrected chi connectivity index (χ2v) is 3.50. The van der Waals surface area contributed by atoms with Gasteiger partial charge in [-0.25, -0.2) is 0 Å². The Hall–Kier alpha value is -2.39. The van der Waals surface area contributed by atoms with Gasteiger partial charge in [0.2, 0.25) is 11.8 Å². The Morgan fingerprint density at radius 1 is 1.42 bits per heavy atom. The molecular formula is C9H15N3O7. The lowest BCUT2D eigenvalue weighted by Gasteiger charge is -2.14. The Bertz CT molecular complexity index is 358. The summed E-state index contributed by atoms with van der Waals surface area (Å²) in [5.74, 6) is -2.00.